The Hall–Kier alpha value is -1.55. The highest BCUT2D eigenvalue weighted by atomic mass is 16.7. The highest BCUT2D eigenvalue weighted by Crippen LogP contribution is 2.33. The first-order valence-corrected chi connectivity index (χ1v) is 8.97. The second kappa shape index (κ2) is 7.82. The Labute approximate surface area is 138 Å². The first-order valence-electron chi connectivity index (χ1n) is 8.97. The van der Waals surface area contributed by atoms with Crippen LogP contribution in [0.25, 0.3) is 0 Å². The summed E-state index contributed by atoms with van der Waals surface area (Å²) in [6.07, 6.45) is 8.16. The largest absolute Gasteiger partial charge is 0.454 e. The van der Waals surface area contributed by atoms with Crippen molar-refractivity contribution >= 4 is 5.78 Å². The van der Waals surface area contributed by atoms with Gasteiger partial charge in [-0.2, -0.15) is 0 Å². The lowest BCUT2D eigenvalue weighted by Crippen LogP contribution is -2.44. The minimum Gasteiger partial charge on any atom is -0.454 e. The van der Waals surface area contributed by atoms with E-state index in [1.807, 2.05) is 18.2 Å². The molecule has 1 unspecified atom stereocenters. The number of benzene rings is 1. The van der Waals surface area contributed by atoms with E-state index >= 15 is 0 Å². The number of unbranched alkanes of at least 4 members (excludes halogenated alkanes) is 2. The van der Waals surface area contributed by atoms with Crippen LogP contribution in [0, 0.1) is 0 Å². The van der Waals surface area contributed by atoms with E-state index in [0.717, 1.165) is 37.2 Å². The summed E-state index contributed by atoms with van der Waals surface area (Å²) in [5, 5.41) is 0. The van der Waals surface area contributed by atoms with E-state index in [4.69, 9.17) is 9.47 Å². The summed E-state index contributed by atoms with van der Waals surface area (Å²) in [5.41, 5.74) is 0.751. The Bertz CT molecular complexity index is 537. The third-order valence-corrected chi connectivity index (χ3v) is 4.87. The molecular formula is C19H27NO3. The summed E-state index contributed by atoms with van der Waals surface area (Å²) in [5.74, 6) is 1.67. The molecule has 126 valence electrons. The van der Waals surface area contributed by atoms with Gasteiger partial charge in [-0.1, -0.05) is 32.6 Å². The molecule has 4 nitrogen and oxygen atoms in total. The van der Waals surface area contributed by atoms with Gasteiger partial charge in [-0.15, -0.1) is 0 Å². The number of carbonyl (C=O) groups is 1. The highest BCUT2D eigenvalue weighted by molar-refractivity contribution is 6.00. The van der Waals surface area contributed by atoms with Crippen molar-refractivity contribution in [3.8, 4) is 11.5 Å². The molecule has 0 saturated carbocycles. The van der Waals surface area contributed by atoms with E-state index < -0.39 is 0 Å². The van der Waals surface area contributed by atoms with Crippen LogP contribution in [0.3, 0.4) is 0 Å². The number of hydrogen-bond acceptors (Lipinski definition) is 4. The van der Waals surface area contributed by atoms with Crippen LogP contribution in [0.5, 0.6) is 11.5 Å². The molecule has 1 atom stereocenters. The molecule has 0 amide bonds. The Morgan fingerprint density at radius 2 is 1.91 bits per heavy atom. The van der Waals surface area contributed by atoms with Crippen LogP contribution >= 0.6 is 0 Å². The molecule has 1 aromatic carbocycles. The van der Waals surface area contributed by atoms with Crippen LogP contribution in [0.1, 0.15) is 62.2 Å². The lowest BCUT2D eigenvalue weighted by molar-refractivity contribution is 0.0764. The number of nitrogens with zero attached hydrogens (tertiary/aromatic N) is 1. The van der Waals surface area contributed by atoms with E-state index in [9.17, 15) is 4.79 Å². The number of likely N-dealkylation sites (tertiary alicyclic amines) is 1. The zero-order valence-electron chi connectivity index (χ0n) is 14.1. The van der Waals surface area contributed by atoms with Crippen molar-refractivity contribution in [2.45, 2.75) is 57.9 Å². The number of hydrogen-bond donors (Lipinski definition) is 0. The number of Topliss-reactive ketones (excluding diaryl/α,β-unsaturated/α-hetero) is 1. The number of ether oxygens (including phenoxy) is 2. The van der Waals surface area contributed by atoms with Crippen LogP contribution in [-0.2, 0) is 0 Å². The van der Waals surface area contributed by atoms with E-state index in [1.54, 1.807) is 0 Å². The maximum atomic E-state index is 13.1. The van der Waals surface area contributed by atoms with Crippen molar-refractivity contribution in [3.63, 3.8) is 0 Å². The van der Waals surface area contributed by atoms with Crippen LogP contribution in [-0.4, -0.2) is 36.6 Å². The van der Waals surface area contributed by atoms with Gasteiger partial charge in [-0.3, -0.25) is 9.69 Å². The van der Waals surface area contributed by atoms with E-state index in [1.165, 1.54) is 32.1 Å². The minimum absolute atomic E-state index is 0.0159. The Morgan fingerprint density at radius 1 is 1.13 bits per heavy atom. The topological polar surface area (TPSA) is 38.8 Å². The van der Waals surface area contributed by atoms with Gasteiger partial charge in [0.25, 0.3) is 0 Å². The smallest absolute Gasteiger partial charge is 0.231 e. The summed E-state index contributed by atoms with van der Waals surface area (Å²) >= 11 is 0. The molecule has 1 saturated heterocycles. The molecule has 2 heterocycles. The minimum atomic E-state index is 0.0159. The number of carbonyl (C=O) groups excluding carboxylic acids is 1. The van der Waals surface area contributed by atoms with Gasteiger partial charge in [0.05, 0.1) is 6.04 Å². The lowest BCUT2D eigenvalue weighted by Gasteiger charge is -2.33. The van der Waals surface area contributed by atoms with Gasteiger partial charge in [-0.25, -0.2) is 0 Å². The summed E-state index contributed by atoms with van der Waals surface area (Å²) in [7, 11) is 0. The average molecular weight is 317 g/mol. The zero-order chi connectivity index (χ0) is 16.1. The predicted molar refractivity (Wildman–Crippen MR) is 90.2 cm³/mol. The van der Waals surface area contributed by atoms with Gasteiger partial charge in [-0.05, 0) is 50.6 Å². The normalized spacial score (nSPS) is 18.8. The molecule has 0 aliphatic carbocycles. The molecule has 3 rings (SSSR count). The first kappa shape index (κ1) is 16.3. The van der Waals surface area contributed by atoms with Crippen LogP contribution in [0.2, 0.25) is 0 Å². The lowest BCUT2D eigenvalue weighted by atomic mass is 9.95. The fourth-order valence-corrected chi connectivity index (χ4v) is 3.54. The van der Waals surface area contributed by atoms with Crippen LogP contribution in [0.4, 0.5) is 0 Å². The quantitative estimate of drug-likeness (QED) is 0.562. The van der Waals surface area contributed by atoms with Gasteiger partial charge < -0.3 is 9.47 Å². The molecule has 4 heteroatoms. The van der Waals surface area contributed by atoms with E-state index in [-0.39, 0.29) is 18.6 Å². The summed E-state index contributed by atoms with van der Waals surface area (Å²) in [4.78, 5) is 15.5. The van der Waals surface area contributed by atoms with Crippen molar-refractivity contribution in [1.29, 1.82) is 0 Å². The fraction of sp³-hybridized carbons (Fsp3) is 0.632. The number of rotatable bonds is 7. The van der Waals surface area contributed by atoms with Gasteiger partial charge in [0.2, 0.25) is 6.79 Å². The van der Waals surface area contributed by atoms with Crippen LogP contribution < -0.4 is 9.47 Å². The van der Waals surface area contributed by atoms with Crippen molar-refractivity contribution < 1.29 is 14.3 Å². The SMILES string of the molecule is CCCCCC(C(=O)c1ccc2c(c1)OCO2)N1CCCCC1. The van der Waals surface area contributed by atoms with E-state index in [2.05, 4.69) is 11.8 Å². The second-order valence-electron chi connectivity index (χ2n) is 6.54. The van der Waals surface area contributed by atoms with Crippen molar-refractivity contribution in [3.05, 3.63) is 23.8 Å². The Kier molecular flexibility index (Phi) is 5.55. The molecule has 1 aromatic rings. The molecule has 2 aliphatic heterocycles. The Morgan fingerprint density at radius 3 is 2.70 bits per heavy atom. The monoisotopic (exact) mass is 317 g/mol. The first-order chi connectivity index (χ1) is 11.3. The third kappa shape index (κ3) is 3.86. The average Bonchev–Trinajstić information content (AvgIpc) is 3.06. The molecule has 0 spiro atoms. The standard InChI is InChI=1S/C19H27NO3/c1-2-3-5-8-16(20-11-6-4-7-12-20)19(21)15-9-10-17-18(13-15)23-14-22-17/h9-10,13,16H,2-8,11-12,14H2,1H3. The summed E-state index contributed by atoms with van der Waals surface area (Å²) in [6, 6.07) is 5.60. The molecule has 2 aliphatic rings. The van der Waals surface area contributed by atoms with Crippen molar-refractivity contribution in [2.24, 2.45) is 0 Å². The van der Waals surface area contributed by atoms with Crippen molar-refractivity contribution in [2.75, 3.05) is 19.9 Å². The number of piperidine rings is 1. The fourth-order valence-electron chi connectivity index (χ4n) is 3.54. The molecule has 0 bridgehead atoms. The maximum absolute atomic E-state index is 13.1. The summed E-state index contributed by atoms with van der Waals surface area (Å²) in [6.45, 7) is 4.55. The second-order valence-corrected chi connectivity index (χ2v) is 6.54. The Balaban J connectivity index is 1.75. The highest BCUT2D eigenvalue weighted by Gasteiger charge is 2.28. The van der Waals surface area contributed by atoms with Crippen LogP contribution in [0.15, 0.2) is 18.2 Å². The van der Waals surface area contributed by atoms with Gasteiger partial charge in [0.1, 0.15) is 0 Å². The molecule has 1 fully saturated rings. The number of fused-ring (bicyclic) bond motifs is 1. The molecular weight excluding hydrogens is 290 g/mol. The van der Waals surface area contributed by atoms with Gasteiger partial charge >= 0.3 is 0 Å². The molecule has 0 radical (unpaired) electrons. The van der Waals surface area contributed by atoms with Gasteiger partial charge in [0, 0.05) is 5.56 Å². The maximum Gasteiger partial charge on any atom is 0.231 e. The molecule has 0 aromatic heterocycles. The van der Waals surface area contributed by atoms with Crippen molar-refractivity contribution in [1.82, 2.24) is 4.90 Å². The number of ketones is 1. The van der Waals surface area contributed by atoms with E-state index in [0.29, 0.717) is 5.75 Å². The summed E-state index contributed by atoms with van der Waals surface area (Å²) < 4.78 is 10.8. The third-order valence-electron chi connectivity index (χ3n) is 4.87. The zero-order valence-corrected chi connectivity index (χ0v) is 14.1. The predicted octanol–water partition coefficient (Wildman–Crippen LogP) is 4.03. The van der Waals surface area contributed by atoms with Gasteiger partial charge in [0.15, 0.2) is 17.3 Å². The molecule has 0 N–H and O–H groups in total. The molecule has 23 heavy (non-hydrogen) atoms.